The van der Waals surface area contributed by atoms with E-state index in [4.69, 9.17) is 0 Å². The van der Waals surface area contributed by atoms with Crippen molar-refractivity contribution < 1.29 is 24.0 Å². The Balaban J connectivity index is 1.12. The summed E-state index contributed by atoms with van der Waals surface area (Å²) in [7, 11) is 0. The summed E-state index contributed by atoms with van der Waals surface area (Å²) in [4.78, 5) is 71.2. The minimum absolute atomic E-state index is 0.0787. The lowest BCUT2D eigenvalue weighted by Crippen LogP contribution is -2.45. The van der Waals surface area contributed by atoms with E-state index in [1.54, 1.807) is 17.0 Å². The van der Waals surface area contributed by atoms with Gasteiger partial charge in [-0.1, -0.05) is 84.9 Å². The average Bonchev–Trinajstić information content (AvgIpc) is 3.94. The fraction of sp³-hybridized carbons (Fsp3) is 0.262. The highest BCUT2D eigenvalue weighted by Crippen LogP contribution is 2.34. The number of fused-ring (bicyclic) bond motifs is 1. The highest BCUT2D eigenvalue weighted by molar-refractivity contribution is 6.13. The number of hydrogen-bond donors (Lipinski definition) is 4. The zero-order chi connectivity index (χ0) is 36.2. The Labute approximate surface area is 302 Å². The molecular formula is C42H41N5O5. The number of nitrogens with zero attached hydrogens (tertiary/aromatic N) is 1. The number of hydrogen-bond acceptors (Lipinski definition) is 6. The van der Waals surface area contributed by atoms with Crippen LogP contribution in [0.2, 0.25) is 0 Å². The first-order valence-electron chi connectivity index (χ1n) is 17.8. The number of Topliss-reactive ketones (excluding diaryl/α,β-unsaturated/α-hetero) is 1. The largest absolute Gasteiger partial charge is 0.354 e. The Morgan fingerprint density at radius 3 is 2.21 bits per heavy atom. The summed E-state index contributed by atoms with van der Waals surface area (Å²) in [5.41, 5.74) is 5.46. The summed E-state index contributed by atoms with van der Waals surface area (Å²) in [5, 5.41) is 9.41. The first-order valence-corrected chi connectivity index (χ1v) is 17.8. The van der Waals surface area contributed by atoms with Crippen LogP contribution in [-0.2, 0) is 25.6 Å². The van der Waals surface area contributed by atoms with E-state index in [0.717, 1.165) is 41.6 Å². The SMILES string of the molecule is CC(=O)c1c(-c2ccc([C@@H](C(=O)NC(=O)C3CCCN3)c3ccccc3)cc2)[nH]c2ccc(NC(=O)[C@@H]3CCCN3C(=O)Cc3ccccc3)cc12. The second-order valence-electron chi connectivity index (χ2n) is 13.6. The average molecular weight is 696 g/mol. The zero-order valence-electron chi connectivity index (χ0n) is 29.0. The zero-order valence-corrected chi connectivity index (χ0v) is 29.0. The van der Waals surface area contributed by atoms with Crippen molar-refractivity contribution in [2.75, 3.05) is 18.4 Å². The number of carbonyl (C=O) groups excluding carboxylic acids is 5. The molecule has 0 saturated carbocycles. The van der Waals surface area contributed by atoms with Crippen molar-refractivity contribution in [2.24, 2.45) is 0 Å². The van der Waals surface area contributed by atoms with Crippen LogP contribution < -0.4 is 16.0 Å². The first kappa shape index (κ1) is 34.6. The number of ketones is 1. The van der Waals surface area contributed by atoms with E-state index in [0.29, 0.717) is 47.3 Å². The minimum Gasteiger partial charge on any atom is -0.354 e. The van der Waals surface area contributed by atoms with Gasteiger partial charge in [-0.15, -0.1) is 0 Å². The second kappa shape index (κ2) is 15.2. The van der Waals surface area contributed by atoms with Crippen LogP contribution >= 0.6 is 0 Å². The third-order valence-electron chi connectivity index (χ3n) is 10.0. The number of imide groups is 1. The molecule has 10 heteroatoms. The molecule has 0 bridgehead atoms. The summed E-state index contributed by atoms with van der Waals surface area (Å²) in [6.45, 7) is 2.79. The molecule has 0 aliphatic carbocycles. The molecule has 2 aliphatic rings. The topological polar surface area (TPSA) is 140 Å². The van der Waals surface area contributed by atoms with E-state index in [2.05, 4.69) is 20.9 Å². The number of H-pyrrole nitrogens is 1. The van der Waals surface area contributed by atoms with Crippen LogP contribution in [0.5, 0.6) is 0 Å². The Hall–Kier alpha value is -5.87. The number of anilines is 1. The quantitative estimate of drug-likeness (QED) is 0.138. The Morgan fingerprint density at radius 2 is 1.52 bits per heavy atom. The van der Waals surface area contributed by atoms with Crippen LogP contribution in [0.25, 0.3) is 22.2 Å². The number of nitrogens with one attached hydrogen (secondary N) is 4. The molecule has 4 aromatic carbocycles. The molecule has 2 saturated heterocycles. The van der Waals surface area contributed by atoms with E-state index in [-0.39, 0.29) is 36.0 Å². The molecular weight excluding hydrogens is 654 g/mol. The van der Waals surface area contributed by atoms with Gasteiger partial charge < -0.3 is 20.5 Å². The molecule has 10 nitrogen and oxygen atoms in total. The van der Waals surface area contributed by atoms with Crippen molar-refractivity contribution >= 4 is 46.0 Å². The molecule has 2 aliphatic heterocycles. The molecule has 1 unspecified atom stereocenters. The maximum absolute atomic E-state index is 13.6. The number of rotatable bonds is 10. The van der Waals surface area contributed by atoms with Gasteiger partial charge in [0.25, 0.3) is 0 Å². The lowest BCUT2D eigenvalue weighted by Gasteiger charge is -2.24. The van der Waals surface area contributed by atoms with Gasteiger partial charge in [-0.05, 0) is 79.6 Å². The van der Waals surface area contributed by atoms with E-state index in [1.165, 1.54) is 6.92 Å². The summed E-state index contributed by atoms with van der Waals surface area (Å²) in [6.07, 6.45) is 3.15. The summed E-state index contributed by atoms with van der Waals surface area (Å²) >= 11 is 0. The molecule has 1 aromatic heterocycles. The Bertz CT molecular complexity index is 2120. The van der Waals surface area contributed by atoms with E-state index >= 15 is 0 Å². The fourth-order valence-electron chi connectivity index (χ4n) is 7.46. The number of carbonyl (C=O) groups is 5. The smallest absolute Gasteiger partial charge is 0.247 e. The highest BCUT2D eigenvalue weighted by Gasteiger charge is 2.34. The summed E-state index contributed by atoms with van der Waals surface area (Å²) in [6, 6.07) is 30.7. The molecule has 3 atom stereocenters. The van der Waals surface area contributed by atoms with Crippen LogP contribution in [0.1, 0.15) is 65.6 Å². The molecule has 3 heterocycles. The Kier molecular flexibility index (Phi) is 10.1. The van der Waals surface area contributed by atoms with Crippen LogP contribution in [0.15, 0.2) is 103 Å². The number of likely N-dealkylation sites (tertiary alicyclic amines) is 1. The first-order chi connectivity index (χ1) is 25.3. The standard InChI is InChI=1S/C42H41N5O5/c1-26(48)37-32-25-31(44-41(51)35-15-9-23-47(35)36(49)24-27-10-4-2-5-11-27)20-21-33(32)45-39(37)30-18-16-29(17-19-30)38(28-12-6-3-7-13-28)42(52)46-40(50)34-14-8-22-43-34/h2-7,10-13,16-21,25,34-35,38,43,45H,8-9,14-15,22-24H2,1H3,(H,44,51)(H,46,50,52)/t34?,35-,38-/m0/s1. The van der Waals surface area contributed by atoms with Crippen molar-refractivity contribution in [3.8, 4) is 11.3 Å². The van der Waals surface area contributed by atoms with Crippen molar-refractivity contribution in [3.63, 3.8) is 0 Å². The Morgan fingerprint density at radius 1 is 0.808 bits per heavy atom. The summed E-state index contributed by atoms with van der Waals surface area (Å²) in [5.74, 6) is -1.92. The predicted octanol–water partition coefficient (Wildman–Crippen LogP) is 5.74. The molecule has 4 amide bonds. The molecule has 52 heavy (non-hydrogen) atoms. The van der Waals surface area contributed by atoms with Gasteiger partial charge in [0.1, 0.15) is 6.04 Å². The predicted molar refractivity (Wildman–Crippen MR) is 200 cm³/mol. The van der Waals surface area contributed by atoms with Crippen LogP contribution in [0.3, 0.4) is 0 Å². The van der Waals surface area contributed by atoms with Crippen molar-refractivity contribution in [1.29, 1.82) is 0 Å². The summed E-state index contributed by atoms with van der Waals surface area (Å²) < 4.78 is 0. The van der Waals surface area contributed by atoms with E-state index in [9.17, 15) is 24.0 Å². The van der Waals surface area contributed by atoms with Gasteiger partial charge in [0.05, 0.1) is 29.6 Å². The minimum atomic E-state index is -0.716. The highest BCUT2D eigenvalue weighted by atomic mass is 16.2. The fourth-order valence-corrected chi connectivity index (χ4v) is 7.46. The molecule has 7 rings (SSSR count). The van der Waals surface area contributed by atoms with E-state index < -0.39 is 17.9 Å². The van der Waals surface area contributed by atoms with Gasteiger partial charge in [-0.2, -0.15) is 0 Å². The molecule has 5 aromatic rings. The molecule has 2 fully saturated rings. The van der Waals surface area contributed by atoms with E-state index in [1.807, 2.05) is 91.0 Å². The molecule has 4 N–H and O–H groups in total. The maximum atomic E-state index is 13.6. The molecule has 264 valence electrons. The number of benzene rings is 4. The lowest BCUT2D eigenvalue weighted by molar-refractivity contribution is -0.136. The number of aromatic nitrogens is 1. The lowest BCUT2D eigenvalue weighted by atomic mass is 9.89. The molecule has 0 spiro atoms. The normalized spacial score (nSPS) is 17.5. The van der Waals surface area contributed by atoms with Gasteiger partial charge >= 0.3 is 0 Å². The second-order valence-corrected chi connectivity index (χ2v) is 13.6. The van der Waals surface area contributed by atoms with Crippen LogP contribution in [0, 0.1) is 0 Å². The van der Waals surface area contributed by atoms with Gasteiger partial charge in [0.15, 0.2) is 5.78 Å². The van der Waals surface area contributed by atoms with Gasteiger partial charge in [-0.25, -0.2) is 0 Å². The number of aromatic amines is 1. The van der Waals surface area contributed by atoms with Gasteiger partial charge in [-0.3, -0.25) is 29.3 Å². The maximum Gasteiger partial charge on any atom is 0.247 e. The van der Waals surface area contributed by atoms with Crippen LogP contribution in [-0.4, -0.2) is 64.5 Å². The molecule has 0 radical (unpaired) electrons. The van der Waals surface area contributed by atoms with Crippen molar-refractivity contribution in [3.05, 3.63) is 125 Å². The van der Waals surface area contributed by atoms with Gasteiger partial charge in [0, 0.05) is 23.1 Å². The van der Waals surface area contributed by atoms with Crippen LogP contribution in [0.4, 0.5) is 5.69 Å². The van der Waals surface area contributed by atoms with Crippen molar-refractivity contribution in [2.45, 2.75) is 57.0 Å². The number of amides is 4. The third kappa shape index (κ3) is 7.29. The third-order valence-corrected chi connectivity index (χ3v) is 10.0. The van der Waals surface area contributed by atoms with Gasteiger partial charge in [0.2, 0.25) is 23.6 Å². The van der Waals surface area contributed by atoms with Crippen molar-refractivity contribution in [1.82, 2.24) is 20.5 Å². The monoisotopic (exact) mass is 695 g/mol.